The number of para-hydroxylation sites is 1. The molecule has 0 bridgehead atoms. The van der Waals surface area contributed by atoms with Crippen molar-refractivity contribution in [3.8, 4) is 17.2 Å². The Kier molecular flexibility index (Phi) is 8.23. The van der Waals surface area contributed by atoms with Crippen molar-refractivity contribution in [2.75, 3.05) is 27.4 Å². The maximum absolute atomic E-state index is 12.1. The molecule has 0 aliphatic carbocycles. The van der Waals surface area contributed by atoms with E-state index in [1.807, 2.05) is 42.5 Å². The van der Waals surface area contributed by atoms with Gasteiger partial charge in [0, 0.05) is 18.2 Å². The third-order valence-electron chi connectivity index (χ3n) is 3.96. The maximum Gasteiger partial charge on any atom is 0.244 e. The Morgan fingerprint density at radius 2 is 1.81 bits per heavy atom. The highest BCUT2D eigenvalue weighted by Crippen LogP contribution is 2.27. The van der Waals surface area contributed by atoms with Crippen LogP contribution in [0.1, 0.15) is 24.5 Å². The zero-order valence-electron chi connectivity index (χ0n) is 16.2. The second kappa shape index (κ2) is 10.9. The molecule has 144 valence electrons. The normalized spacial score (nSPS) is 10.6. The van der Waals surface area contributed by atoms with Crippen LogP contribution in [-0.2, 0) is 11.2 Å². The standard InChI is InChI=1S/C22H27NO4/c1-4-15-27-19-8-6-5-7-18(19)10-12-22(24)23-14-13-17-9-11-20(25-2)21(16-17)26-3/h5-12,16H,4,13-15H2,1-3H3,(H,23,24)/b12-10+. The van der Waals surface area contributed by atoms with Crippen LogP contribution in [0.3, 0.4) is 0 Å². The molecule has 5 nitrogen and oxygen atoms in total. The van der Waals surface area contributed by atoms with Crippen molar-refractivity contribution in [1.29, 1.82) is 0 Å². The molecule has 27 heavy (non-hydrogen) atoms. The highest BCUT2D eigenvalue weighted by Gasteiger charge is 2.05. The largest absolute Gasteiger partial charge is 0.493 e. The lowest BCUT2D eigenvalue weighted by atomic mass is 10.1. The zero-order chi connectivity index (χ0) is 19.5. The zero-order valence-corrected chi connectivity index (χ0v) is 16.2. The maximum atomic E-state index is 12.1. The average Bonchev–Trinajstić information content (AvgIpc) is 2.71. The Morgan fingerprint density at radius 1 is 1.04 bits per heavy atom. The number of methoxy groups -OCH3 is 2. The number of benzene rings is 2. The van der Waals surface area contributed by atoms with Gasteiger partial charge in [-0.2, -0.15) is 0 Å². The molecule has 1 N–H and O–H groups in total. The molecule has 0 saturated carbocycles. The van der Waals surface area contributed by atoms with Gasteiger partial charge in [0.1, 0.15) is 5.75 Å². The fourth-order valence-electron chi connectivity index (χ4n) is 2.55. The molecular formula is C22H27NO4. The minimum absolute atomic E-state index is 0.138. The molecule has 5 heteroatoms. The minimum atomic E-state index is -0.138. The van der Waals surface area contributed by atoms with Crippen molar-refractivity contribution in [3.63, 3.8) is 0 Å². The van der Waals surface area contributed by atoms with Crippen LogP contribution in [0.25, 0.3) is 6.08 Å². The van der Waals surface area contributed by atoms with Crippen LogP contribution in [-0.4, -0.2) is 33.3 Å². The molecule has 0 fully saturated rings. The number of amides is 1. The lowest BCUT2D eigenvalue weighted by Crippen LogP contribution is -2.23. The summed E-state index contributed by atoms with van der Waals surface area (Å²) in [5.41, 5.74) is 1.95. The van der Waals surface area contributed by atoms with E-state index in [9.17, 15) is 4.79 Å². The number of rotatable bonds is 10. The second-order valence-corrected chi connectivity index (χ2v) is 5.95. The summed E-state index contributed by atoms with van der Waals surface area (Å²) in [6.45, 7) is 3.25. The van der Waals surface area contributed by atoms with Gasteiger partial charge in [-0.1, -0.05) is 31.2 Å². The van der Waals surface area contributed by atoms with Crippen molar-refractivity contribution in [3.05, 3.63) is 59.7 Å². The lowest BCUT2D eigenvalue weighted by molar-refractivity contribution is -0.116. The Balaban J connectivity index is 1.87. The minimum Gasteiger partial charge on any atom is -0.493 e. The van der Waals surface area contributed by atoms with Gasteiger partial charge in [0.25, 0.3) is 0 Å². The summed E-state index contributed by atoms with van der Waals surface area (Å²) in [5, 5.41) is 2.89. The first-order chi connectivity index (χ1) is 13.2. The first kappa shape index (κ1) is 20.4. The summed E-state index contributed by atoms with van der Waals surface area (Å²) < 4.78 is 16.2. The van der Waals surface area contributed by atoms with E-state index >= 15 is 0 Å². The van der Waals surface area contributed by atoms with Gasteiger partial charge in [-0.05, 0) is 42.7 Å². The summed E-state index contributed by atoms with van der Waals surface area (Å²) >= 11 is 0. The number of carbonyl (C=O) groups is 1. The Morgan fingerprint density at radius 3 is 2.56 bits per heavy atom. The Labute approximate surface area is 161 Å². The molecule has 0 spiro atoms. The number of ether oxygens (including phenoxy) is 3. The van der Waals surface area contributed by atoms with Gasteiger partial charge in [0.05, 0.1) is 20.8 Å². The molecule has 0 unspecified atom stereocenters. The topological polar surface area (TPSA) is 56.8 Å². The van der Waals surface area contributed by atoms with Crippen LogP contribution in [0.2, 0.25) is 0 Å². The van der Waals surface area contributed by atoms with Crippen molar-refractivity contribution in [2.45, 2.75) is 19.8 Å². The van der Waals surface area contributed by atoms with E-state index in [-0.39, 0.29) is 5.91 Å². The molecule has 0 aliphatic rings. The van der Waals surface area contributed by atoms with E-state index < -0.39 is 0 Å². The van der Waals surface area contributed by atoms with Gasteiger partial charge in [0.15, 0.2) is 11.5 Å². The second-order valence-electron chi connectivity index (χ2n) is 5.95. The fraction of sp³-hybridized carbons (Fsp3) is 0.318. The number of carbonyl (C=O) groups excluding carboxylic acids is 1. The van der Waals surface area contributed by atoms with E-state index in [4.69, 9.17) is 14.2 Å². The number of hydrogen-bond donors (Lipinski definition) is 1. The monoisotopic (exact) mass is 369 g/mol. The number of hydrogen-bond acceptors (Lipinski definition) is 4. The first-order valence-electron chi connectivity index (χ1n) is 9.06. The van der Waals surface area contributed by atoms with Gasteiger partial charge in [-0.15, -0.1) is 0 Å². The summed E-state index contributed by atoms with van der Waals surface area (Å²) in [7, 11) is 3.21. The first-order valence-corrected chi connectivity index (χ1v) is 9.06. The quantitative estimate of drug-likeness (QED) is 0.646. The molecule has 0 radical (unpaired) electrons. The van der Waals surface area contributed by atoms with Crippen LogP contribution >= 0.6 is 0 Å². The van der Waals surface area contributed by atoms with E-state index in [0.29, 0.717) is 31.1 Å². The fourth-order valence-corrected chi connectivity index (χ4v) is 2.55. The lowest BCUT2D eigenvalue weighted by Gasteiger charge is -2.10. The smallest absolute Gasteiger partial charge is 0.244 e. The predicted octanol–water partition coefficient (Wildman–Crippen LogP) is 3.86. The number of nitrogens with one attached hydrogen (secondary N) is 1. The molecule has 0 aliphatic heterocycles. The van der Waals surface area contributed by atoms with Crippen LogP contribution in [0, 0.1) is 0 Å². The SMILES string of the molecule is CCCOc1ccccc1/C=C/C(=O)NCCc1ccc(OC)c(OC)c1. The summed E-state index contributed by atoms with van der Waals surface area (Å²) in [4.78, 5) is 12.1. The molecular weight excluding hydrogens is 342 g/mol. The Hall–Kier alpha value is -2.95. The van der Waals surface area contributed by atoms with Crippen molar-refractivity contribution in [2.24, 2.45) is 0 Å². The molecule has 0 heterocycles. The van der Waals surface area contributed by atoms with E-state index in [2.05, 4.69) is 12.2 Å². The van der Waals surface area contributed by atoms with Gasteiger partial charge in [-0.3, -0.25) is 4.79 Å². The summed E-state index contributed by atoms with van der Waals surface area (Å²) in [6.07, 6.45) is 4.95. The molecule has 2 aromatic rings. The van der Waals surface area contributed by atoms with E-state index in [0.717, 1.165) is 23.3 Å². The predicted molar refractivity (Wildman–Crippen MR) is 108 cm³/mol. The van der Waals surface area contributed by atoms with Crippen molar-refractivity contribution in [1.82, 2.24) is 5.32 Å². The third kappa shape index (κ3) is 6.37. The van der Waals surface area contributed by atoms with Crippen LogP contribution < -0.4 is 19.5 Å². The highest BCUT2D eigenvalue weighted by molar-refractivity contribution is 5.92. The average molecular weight is 369 g/mol. The summed E-state index contributed by atoms with van der Waals surface area (Å²) in [6, 6.07) is 13.4. The van der Waals surface area contributed by atoms with E-state index in [1.54, 1.807) is 20.3 Å². The van der Waals surface area contributed by atoms with Crippen LogP contribution in [0.4, 0.5) is 0 Å². The van der Waals surface area contributed by atoms with Gasteiger partial charge in [-0.25, -0.2) is 0 Å². The van der Waals surface area contributed by atoms with Crippen molar-refractivity contribution < 1.29 is 19.0 Å². The van der Waals surface area contributed by atoms with Gasteiger partial charge >= 0.3 is 0 Å². The van der Waals surface area contributed by atoms with Gasteiger partial charge < -0.3 is 19.5 Å². The van der Waals surface area contributed by atoms with E-state index in [1.165, 1.54) is 6.08 Å². The van der Waals surface area contributed by atoms with Crippen LogP contribution in [0.5, 0.6) is 17.2 Å². The Bertz CT molecular complexity index is 771. The molecule has 0 atom stereocenters. The molecule has 2 rings (SSSR count). The molecule has 0 saturated heterocycles. The molecule has 2 aromatic carbocycles. The summed E-state index contributed by atoms with van der Waals surface area (Å²) in [5.74, 6) is 2.02. The highest BCUT2D eigenvalue weighted by atomic mass is 16.5. The molecule has 1 amide bonds. The van der Waals surface area contributed by atoms with Crippen molar-refractivity contribution >= 4 is 12.0 Å². The molecule has 0 aromatic heterocycles. The van der Waals surface area contributed by atoms with Crippen LogP contribution in [0.15, 0.2) is 48.5 Å². The third-order valence-corrected chi connectivity index (χ3v) is 3.96. The van der Waals surface area contributed by atoms with Gasteiger partial charge in [0.2, 0.25) is 5.91 Å².